The van der Waals surface area contributed by atoms with Gasteiger partial charge in [-0.2, -0.15) is 5.10 Å². The molecular formula is C20H22N4O. The monoisotopic (exact) mass is 334 g/mol. The SMILES string of the molecule is Cc1ccc2nc(C)cc(C(=O)N(C)Cc3cc(C4CC4)n[nH]3)c2c1. The quantitative estimate of drug-likeness (QED) is 0.791. The van der Waals surface area contributed by atoms with Crippen LogP contribution in [-0.4, -0.2) is 33.0 Å². The Hall–Kier alpha value is -2.69. The zero-order chi connectivity index (χ0) is 17.6. The Kier molecular flexibility index (Phi) is 3.79. The summed E-state index contributed by atoms with van der Waals surface area (Å²) in [4.78, 5) is 19.3. The molecule has 1 amide bonds. The van der Waals surface area contributed by atoms with Crippen LogP contribution in [-0.2, 0) is 6.54 Å². The van der Waals surface area contributed by atoms with Gasteiger partial charge in [-0.1, -0.05) is 11.6 Å². The Balaban J connectivity index is 1.62. The molecule has 0 atom stereocenters. The van der Waals surface area contributed by atoms with E-state index in [9.17, 15) is 4.79 Å². The van der Waals surface area contributed by atoms with E-state index in [0.29, 0.717) is 18.0 Å². The molecule has 4 rings (SSSR count). The molecule has 0 aliphatic heterocycles. The molecule has 25 heavy (non-hydrogen) atoms. The lowest BCUT2D eigenvalue weighted by atomic mass is 10.0. The van der Waals surface area contributed by atoms with E-state index in [1.165, 1.54) is 12.8 Å². The number of nitrogens with one attached hydrogen (secondary N) is 1. The molecule has 1 saturated carbocycles. The molecule has 1 aromatic carbocycles. The fourth-order valence-corrected chi connectivity index (χ4v) is 3.23. The molecule has 1 fully saturated rings. The Morgan fingerprint density at radius 2 is 2.04 bits per heavy atom. The molecule has 0 bridgehead atoms. The van der Waals surface area contributed by atoms with Gasteiger partial charge in [0.2, 0.25) is 0 Å². The lowest BCUT2D eigenvalue weighted by Gasteiger charge is -2.18. The van der Waals surface area contributed by atoms with Crippen LogP contribution >= 0.6 is 0 Å². The van der Waals surface area contributed by atoms with Gasteiger partial charge in [-0.15, -0.1) is 0 Å². The standard InChI is InChI=1S/C20H22N4O/c1-12-4-7-18-16(8-12)17(9-13(2)21-18)20(25)24(3)11-15-10-19(23-22-15)14-5-6-14/h4,7-10,14H,5-6,11H2,1-3H3,(H,22,23). The normalized spacial score (nSPS) is 14.0. The highest BCUT2D eigenvalue weighted by Crippen LogP contribution is 2.39. The maximum Gasteiger partial charge on any atom is 0.254 e. The van der Waals surface area contributed by atoms with E-state index >= 15 is 0 Å². The second-order valence-electron chi connectivity index (χ2n) is 7.09. The van der Waals surface area contributed by atoms with Crippen LogP contribution in [0.4, 0.5) is 0 Å². The molecule has 0 radical (unpaired) electrons. The van der Waals surface area contributed by atoms with Crippen molar-refractivity contribution in [1.82, 2.24) is 20.1 Å². The Morgan fingerprint density at radius 3 is 2.80 bits per heavy atom. The summed E-state index contributed by atoms with van der Waals surface area (Å²) in [6.07, 6.45) is 2.45. The van der Waals surface area contributed by atoms with Gasteiger partial charge in [0.05, 0.1) is 29.0 Å². The highest BCUT2D eigenvalue weighted by molar-refractivity contribution is 6.06. The number of rotatable bonds is 4. The lowest BCUT2D eigenvalue weighted by Crippen LogP contribution is -2.26. The number of benzene rings is 1. The third kappa shape index (κ3) is 3.14. The number of H-pyrrole nitrogens is 1. The molecule has 1 aliphatic rings. The molecule has 1 N–H and O–H groups in total. The van der Waals surface area contributed by atoms with Crippen molar-refractivity contribution in [2.75, 3.05) is 7.05 Å². The van der Waals surface area contributed by atoms with E-state index in [0.717, 1.165) is 33.5 Å². The summed E-state index contributed by atoms with van der Waals surface area (Å²) in [5.74, 6) is 0.615. The predicted octanol–water partition coefficient (Wildman–Crippen LogP) is 3.72. The van der Waals surface area contributed by atoms with Gasteiger partial charge in [0.1, 0.15) is 0 Å². The first-order valence-corrected chi connectivity index (χ1v) is 8.69. The van der Waals surface area contributed by atoms with Crippen LogP contribution in [0.2, 0.25) is 0 Å². The largest absolute Gasteiger partial charge is 0.336 e. The van der Waals surface area contributed by atoms with Crippen LogP contribution in [0.5, 0.6) is 0 Å². The van der Waals surface area contributed by atoms with Crippen molar-refractivity contribution >= 4 is 16.8 Å². The van der Waals surface area contributed by atoms with Crippen LogP contribution < -0.4 is 0 Å². The molecule has 0 saturated heterocycles. The molecule has 1 aliphatic carbocycles. The third-order valence-electron chi connectivity index (χ3n) is 4.72. The van der Waals surface area contributed by atoms with E-state index in [4.69, 9.17) is 0 Å². The van der Waals surface area contributed by atoms with Crippen molar-refractivity contribution < 1.29 is 4.79 Å². The van der Waals surface area contributed by atoms with E-state index in [-0.39, 0.29) is 5.91 Å². The minimum Gasteiger partial charge on any atom is -0.336 e. The van der Waals surface area contributed by atoms with E-state index in [2.05, 4.69) is 21.2 Å². The molecular weight excluding hydrogens is 312 g/mol. The first kappa shape index (κ1) is 15.8. The predicted molar refractivity (Wildman–Crippen MR) is 97.6 cm³/mol. The summed E-state index contributed by atoms with van der Waals surface area (Å²) >= 11 is 0. The van der Waals surface area contributed by atoms with Crippen LogP contribution in [0.3, 0.4) is 0 Å². The fraction of sp³-hybridized carbons (Fsp3) is 0.350. The summed E-state index contributed by atoms with van der Waals surface area (Å²) in [7, 11) is 1.83. The number of aryl methyl sites for hydroxylation is 2. The zero-order valence-corrected chi connectivity index (χ0v) is 14.8. The minimum absolute atomic E-state index is 0.00340. The van der Waals surface area contributed by atoms with Gasteiger partial charge >= 0.3 is 0 Å². The number of aromatic nitrogens is 3. The highest BCUT2D eigenvalue weighted by atomic mass is 16.2. The Labute approximate surface area is 147 Å². The molecule has 0 unspecified atom stereocenters. The second kappa shape index (κ2) is 5.99. The Morgan fingerprint density at radius 1 is 1.24 bits per heavy atom. The van der Waals surface area contributed by atoms with E-state index in [1.807, 2.05) is 45.2 Å². The number of amides is 1. The molecule has 2 aromatic heterocycles. The van der Waals surface area contributed by atoms with Gasteiger partial charge in [-0.05, 0) is 51.0 Å². The summed E-state index contributed by atoms with van der Waals surface area (Å²) in [5.41, 5.74) is 5.64. The number of fused-ring (bicyclic) bond motifs is 1. The van der Waals surface area contributed by atoms with Gasteiger partial charge in [0, 0.05) is 24.0 Å². The van der Waals surface area contributed by atoms with Crippen LogP contribution in [0.15, 0.2) is 30.3 Å². The van der Waals surface area contributed by atoms with Gasteiger partial charge in [-0.25, -0.2) is 0 Å². The zero-order valence-electron chi connectivity index (χ0n) is 14.8. The fourth-order valence-electron chi connectivity index (χ4n) is 3.23. The van der Waals surface area contributed by atoms with Crippen molar-refractivity contribution in [2.45, 2.75) is 39.2 Å². The number of nitrogens with zero attached hydrogens (tertiary/aromatic N) is 3. The van der Waals surface area contributed by atoms with Gasteiger partial charge < -0.3 is 4.90 Å². The number of aromatic amines is 1. The van der Waals surface area contributed by atoms with Crippen molar-refractivity contribution in [3.8, 4) is 0 Å². The number of pyridine rings is 1. The van der Waals surface area contributed by atoms with Crippen molar-refractivity contribution in [3.05, 3.63) is 58.5 Å². The minimum atomic E-state index is 0.00340. The molecule has 2 heterocycles. The number of hydrogen-bond donors (Lipinski definition) is 1. The average Bonchev–Trinajstić information content (AvgIpc) is 3.34. The highest BCUT2D eigenvalue weighted by Gasteiger charge is 2.26. The molecule has 5 nitrogen and oxygen atoms in total. The topological polar surface area (TPSA) is 61.9 Å². The molecule has 0 spiro atoms. The smallest absolute Gasteiger partial charge is 0.254 e. The maximum absolute atomic E-state index is 13.0. The third-order valence-corrected chi connectivity index (χ3v) is 4.72. The number of carbonyl (C=O) groups excluding carboxylic acids is 1. The number of carbonyl (C=O) groups is 1. The first-order chi connectivity index (χ1) is 12.0. The van der Waals surface area contributed by atoms with Crippen molar-refractivity contribution in [2.24, 2.45) is 0 Å². The van der Waals surface area contributed by atoms with Crippen LogP contribution in [0.1, 0.15) is 51.8 Å². The molecule has 5 heteroatoms. The maximum atomic E-state index is 13.0. The summed E-state index contributed by atoms with van der Waals surface area (Å²) in [6.45, 7) is 4.47. The second-order valence-corrected chi connectivity index (χ2v) is 7.09. The average molecular weight is 334 g/mol. The number of hydrogen-bond acceptors (Lipinski definition) is 3. The van der Waals surface area contributed by atoms with Crippen molar-refractivity contribution in [1.29, 1.82) is 0 Å². The lowest BCUT2D eigenvalue weighted by molar-refractivity contribution is 0.0785. The van der Waals surface area contributed by atoms with E-state index in [1.54, 1.807) is 4.90 Å². The van der Waals surface area contributed by atoms with Crippen molar-refractivity contribution in [3.63, 3.8) is 0 Å². The van der Waals surface area contributed by atoms with Gasteiger partial charge in [-0.3, -0.25) is 14.9 Å². The summed E-state index contributed by atoms with van der Waals surface area (Å²) in [6, 6.07) is 10.00. The van der Waals surface area contributed by atoms with Gasteiger partial charge in [0.15, 0.2) is 0 Å². The van der Waals surface area contributed by atoms with Crippen LogP contribution in [0, 0.1) is 13.8 Å². The molecule has 128 valence electrons. The Bertz CT molecular complexity index is 955. The first-order valence-electron chi connectivity index (χ1n) is 8.69. The van der Waals surface area contributed by atoms with Crippen LogP contribution in [0.25, 0.3) is 10.9 Å². The van der Waals surface area contributed by atoms with Gasteiger partial charge in [0.25, 0.3) is 5.91 Å². The summed E-state index contributed by atoms with van der Waals surface area (Å²) < 4.78 is 0. The molecule has 3 aromatic rings. The van der Waals surface area contributed by atoms with E-state index < -0.39 is 0 Å². The summed E-state index contributed by atoms with van der Waals surface area (Å²) in [5, 5.41) is 8.34.